The summed E-state index contributed by atoms with van der Waals surface area (Å²) in [5.74, 6) is 1.16. The second kappa shape index (κ2) is 5.82. The molecule has 1 heterocycles. The van der Waals surface area contributed by atoms with Crippen molar-refractivity contribution in [1.82, 2.24) is 0 Å². The number of ether oxygens (including phenoxy) is 2. The van der Waals surface area contributed by atoms with Gasteiger partial charge in [-0.25, -0.2) is 0 Å². The van der Waals surface area contributed by atoms with Crippen molar-refractivity contribution in [3.8, 4) is 5.75 Å². The van der Waals surface area contributed by atoms with E-state index in [0.29, 0.717) is 19.4 Å². The van der Waals surface area contributed by atoms with Crippen molar-refractivity contribution in [2.24, 2.45) is 0 Å². The highest BCUT2D eigenvalue weighted by Gasteiger charge is 2.21. The molecule has 0 amide bonds. The van der Waals surface area contributed by atoms with E-state index in [-0.39, 0.29) is 11.9 Å². The summed E-state index contributed by atoms with van der Waals surface area (Å²) in [6.07, 6.45) is 1.97. The van der Waals surface area contributed by atoms with Crippen LogP contribution >= 0.6 is 0 Å². The van der Waals surface area contributed by atoms with Gasteiger partial charge in [0.05, 0.1) is 19.3 Å². The first-order valence-electron chi connectivity index (χ1n) is 6.15. The third-order valence-electron chi connectivity index (χ3n) is 2.84. The average molecular weight is 234 g/mol. The Morgan fingerprint density at radius 2 is 2.12 bits per heavy atom. The van der Waals surface area contributed by atoms with Gasteiger partial charge in [-0.1, -0.05) is 19.1 Å². The maximum Gasteiger partial charge on any atom is 0.138 e. The van der Waals surface area contributed by atoms with Gasteiger partial charge < -0.3 is 9.47 Å². The Labute approximate surface area is 102 Å². The third kappa shape index (κ3) is 3.30. The summed E-state index contributed by atoms with van der Waals surface area (Å²) in [5.41, 5.74) is 1.06. The van der Waals surface area contributed by atoms with Gasteiger partial charge >= 0.3 is 0 Å². The number of hydrogen-bond acceptors (Lipinski definition) is 3. The topological polar surface area (TPSA) is 35.5 Å². The molecule has 1 aromatic rings. The van der Waals surface area contributed by atoms with E-state index in [0.717, 1.165) is 24.3 Å². The summed E-state index contributed by atoms with van der Waals surface area (Å²) in [7, 11) is 0. The van der Waals surface area contributed by atoms with Crippen molar-refractivity contribution in [1.29, 1.82) is 0 Å². The standard InChI is InChI=1S/C14H18O3/c1-2-8-16-13-5-3-11(4-6-13)14-10-12(15)7-9-17-14/h3-6,14H,2,7-10H2,1H3. The molecule has 0 spiro atoms. The fraction of sp³-hybridized carbons (Fsp3) is 0.500. The maximum atomic E-state index is 11.4. The van der Waals surface area contributed by atoms with Crippen LogP contribution in [0, 0.1) is 0 Å². The highest BCUT2D eigenvalue weighted by atomic mass is 16.5. The van der Waals surface area contributed by atoms with Crippen molar-refractivity contribution in [2.45, 2.75) is 32.3 Å². The Balaban J connectivity index is 1.99. The Kier molecular flexibility index (Phi) is 4.15. The fourth-order valence-corrected chi connectivity index (χ4v) is 1.90. The van der Waals surface area contributed by atoms with Crippen LogP contribution < -0.4 is 4.74 Å². The van der Waals surface area contributed by atoms with Crippen molar-refractivity contribution in [2.75, 3.05) is 13.2 Å². The molecule has 1 fully saturated rings. The van der Waals surface area contributed by atoms with E-state index in [4.69, 9.17) is 9.47 Å². The van der Waals surface area contributed by atoms with Gasteiger partial charge in [-0.15, -0.1) is 0 Å². The summed E-state index contributed by atoms with van der Waals surface area (Å²) in [5, 5.41) is 0. The monoisotopic (exact) mass is 234 g/mol. The predicted molar refractivity (Wildman–Crippen MR) is 65.2 cm³/mol. The summed E-state index contributed by atoms with van der Waals surface area (Å²) >= 11 is 0. The van der Waals surface area contributed by atoms with Crippen LogP contribution in [0.4, 0.5) is 0 Å². The van der Waals surface area contributed by atoms with Crippen molar-refractivity contribution in [3.05, 3.63) is 29.8 Å². The van der Waals surface area contributed by atoms with E-state index in [1.807, 2.05) is 24.3 Å². The first-order valence-corrected chi connectivity index (χ1v) is 6.15. The average Bonchev–Trinajstić information content (AvgIpc) is 2.37. The summed E-state index contributed by atoms with van der Waals surface area (Å²) in [6, 6.07) is 7.84. The van der Waals surface area contributed by atoms with Crippen LogP contribution in [-0.2, 0) is 9.53 Å². The van der Waals surface area contributed by atoms with E-state index >= 15 is 0 Å². The van der Waals surface area contributed by atoms with Gasteiger partial charge in [0.15, 0.2) is 0 Å². The molecule has 0 aliphatic carbocycles. The Hall–Kier alpha value is -1.35. The predicted octanol–water partition coefficient (Wildman–Crippen LogP) is 2.90. The van der Waals surface area contributed by atoms with E-state index in [9.17, 15) is 4.79 Å². The van der Waals surface area contributed by atoms with Crippen LogP contribution in [0.25, 0.3) is 0 Å². The third-order valence-corrected chi connectivity index (χ3v) is 2.84. The first kappa shape index (κ1) is 12.1. The Morgan fingerprint density at radius 3 is 2.76 bits per heavy atom. The van der Waals surface area contributed by atoms with Crippen molar-refractivity contribution < 1.29 is 14.3 Å². The molecule has 1 atom stereocenters. The van der Waals surface area contributed by atoms with Crippen LogP contribution in [0.3, 0.4) is 0 Å². The molecule has 2 rings (SSSR count). The lowest BCUT2D eigenvalue weighted by Gasteiger charge is -2.22. The van der Waals surface area contributed by atoms with Crippen LogP contribution in [0.15, 0.2) is 24.3 Å². The molecule has 17 heavy (non-hydrogen) atoms. The summed E-state index contributed by atoms with van der Waals surface area (Å²) in [6.45, 7) is 3.35. The number of benzene rings is 1. The minimum absolute atomic E-state index is 0.0727. The molecule has 0 saturated carbocycles. The molecule has 0 N–H and O–H groups in total. The molecule has 1 aliphatic heterocycles. The molecule has 0 bridgehead atoms. The molecule has 3 heteroatoms. The fourth-order valence-electron chi connectivity index (χ4n) is 1.90. The molecule has 1 aromatic carbocycles. The molecule has 1 saturated heterocycles. The second-order valence-electron chi connectivity index (χ2n) is 4.27. The van der Waals surface area contributed by atoms with Crippen molar-refractivity contribution >= 4 is 5.78 Å². The first-order chi connectivity index (χ1) is 8.29. The maximum absolute atomic E-state index is 11.4. The quantitative estimate of drug-likeness (QED) is 0.803. The highest BCUT2D eigenvalue weighted by molar-refractivity contribution is 5.79. The lowest BCUT2D eigenvalue weighted by Crippen LogP contribution is -2.19. The number of ketones is 1. The van der Waals surface area contributed by atoms with E-state index in [1.54, 1.807) is 0 Å². The normalized spacial score (nSPS) is 20.3. The molecule has 1 aliphatic rings. The van der Waals surface area contributed by atoms with Gasteiger partial charge in [-0.2, -0.15) is 0 Å². The van der Waals surface area contributed by atoms with Gasteiger partial charge in [0, 0.05) is 12.8 Å². The van der Waals surface area contributed by atoms with Crippen LogP contribution in [0.1, 0.15) is 37.9 Å². The van der Waals surface area contributed by atoms with E-state index < -0.39 is 0 Å². The molecule has 92 valence electrons. The second-order valence-corrected chi connectivity index (χ2v) is 4.27. The van der Waals surface area contributed by atoms with Gasteiger partial charge in [-0.05, 0) is 24.1 Å². The van der Waals surface area contributed by atoms with Gasteiger partial charge in [0.1, 0.15) is 11.5 Å². The Morgan fingerprint density at radius 1 is 1.35 bits per heavy atom. The van der Waals surface area contributed by atoms with E-state index in [1.165, 1.54) is 0 Å². The molecule has 3 nitrogen and oxygen atoms in total. The smallest absolute Gasteiger partial charge is 0.138 e. The summed E-state index contributed by atoms with van der Waals surface area (Å²) in [4.78, 5) is 11.4. The zero-order chi connectivity index (χ0) is 12.1. The minimum atomic E-state index is -0.0727. The van der Waals surface area contributed by atoms with Crippen molar-refractivity contribution in [3.63, 3.8) is 0 Å². The largest absolute Gasteiger partial charge is 0.494 e. The zero-order valence-corrected chi connectivity index (χ0v) is 10.1. The Bertz CT molecular complexity index is 370. The molecule has 0 radical (unpaired) electrons. The highest BCUT2D eigenvalue weighted by Crippen LogP contribution is 2.27. The molecule has 1 unspecified atom stereocenters. The number of Topliss-reactive ketones (excluding diaryl/α,β-unsaturated/α-hetero) is 1. The van der Waals surface area contributed by atoms with Gasteiger partial charge in [0.25, 0.3) is 0 Å². The van der Waals surface area contributed by atoms with Gasteiger partial charge in [0.2, 0.25) is 0 Å². The lowest BCUT2D eigenvalue weighted by atomic mass is 10.0. The summed E-state index contributed by atoms with van der Waals surface area (Å²) < 4.78 is 11.1. The molecule has 0 aromatic heterocycles. The molecular weight excluding hydrogens is 216 g/mol. The van der Waals surface area contributed by atoms with E-state index in [2.05, 4.69) is 6.92 Å². The van der Waals surface area contributed by atoms with Crippen LogP contribution in [0.5, 0.6) is 5.75 Å². The number of carbonyl (C=O) groups excluding carboxylic acids is 1. The molecular formula is C14H18O3. The number of hydrogen-bond donors (Lipinski definition) is 0. The number of rotatable bonds is 4. The van der Waals surface area contributed by atoms with Gasteiger partial charge in [-0.3, -0.25) is 4.79 Å². The van der Waals surface area contributed by atoms with Crippen LogP contribution in [-0.4, -0.2) is 19.0 Å². The lowest BCUT2D eigenvalue weighted by molar-refractivity contribution is -0.128. The van der Waals surface area contributed by atoms with Crippen LogP contribution in [0.2, 0.25) is 0 Å². The zero-order valence-electron chi connectivity index (χ0n) is 10.1. The SMILES string of the molecule is CCCOc1ccc(C2CC(=O)CCO2)cc1. The number of carbonyl (C=O) groups is 1. The minimum Gasteiger partial charge on any atom is -0.494 e.